The van der Waals surface area contributed by atoms with Gasteiger partial charge in [-0.05, 0) is 19.8 Å². The summed E-state index contributed by atoms with van der Waals surface area (Å²) in [6.07, 6.45) is 0.256. The Morgan fingerprint density at radius 1 is 1.22 bits per heavy atom. The summed E-state index contributed by atoms with van der Waals surface area (Å²) in [4.78, 5) is 27.7. The number of ether oxygens (including phenoxy) is 3. The summed E-state index contributed by atoms with van der Waals surface area (Å²) < 4.78 is 29.4. The Morgan fingerprint density at radius 2 is 1.94 bits per heavy atom. The average Bonchev–Trinajstić information content (AvgIpc) is 3.56. The molecular weight excluding hydrogens is 501 g/mol. The third kappa shape index (κ3) is 5.35. The van der Waals surface area contributed by atoms with E-state index in [1.165, 1.54) is 10.9 Å². The first-order valence-electron chi connectivity index (χ1n) is 11.7. The van der Waals surface area contributed by atoms with Crippen molar-refractivity contribution < 1.29 is 49.0 Å². The smallest absolute Gasteiger partial charge is 0.359 e. The van der Waals surface area contributed by atoms with Gasteiger partial charge >= 0.3 is 13.6 Å². The van der Waals surface area contributed by atoms with E-state index in [1.54, 1.807) is 0 Å². The predicted octanol–water partition coefficient (Wildman–Crippen LogP) is -0.926. The van der Waals surface area contributed by atoms with Crippen molar-refractivity contribution in [3.63, 3.8) is 0 Å². The minimum Gasteiger partial charge on any atom is -0.461 e. The van der Waals surface area contributed by atoms with Gasteiger partial charge in [-0.1, -0.05) is 12.8 Å². The monoisotopic (exact) mass is 533 g/mol. The molecule has 4 rings (SSSR count). The second-order valence-corrected chi connectivity index (χ2v) is 11.1. The lowest BCUT2D eigenvalue weighted by Crippen LogP contribution is -2.39. The van der Waals surface area contributed by atoms with Crippen molar-refractivity contribution in [2.24, 2.45) is 0 Å². The molecule has 2 fully saturated rings. The zero-order chi connectivity index (χ0) is 26.1. The van der Waals surface area contributed by atoms with Crippen molar-refractivity contribution in [2.45, 2.75) is 68.5 Å². The quantitative estimate of drug-likeness (QED) is 0.174. The van der Waals surface area contributed by atoms with E-state index in [-0.39, 0.29) is 30.9 Å². The number of hydrogen-bond donors (Lipinski definition) is 7. The van der Waals surface area contributed by atoms with Gasteiger partial charge in [-0.2, -0.15) is 15.1 Å². The number of hydrogen-bond acceptors (Lipinski definition) is 12. The Hall–Kier alpha value is -1.94. The fraction of sp³-hybridized carbons (Fsp3) is 0.750. The summed E-state index contributed by atoms with van der Waals surface area (Å²) in [7, 11) is -4.85. The molecule has 0 aromatic carbocycles. The predicted molar refractivity (Wildman–Crippen MR) is 123 cm³/mol. The first kappa shape index (κ1) is 27.1. The van der Waals surface area contributed by atoms with Crippen LogP contribution in [0.15, 0.2) is 6.20 Å². The molecule has 0 radical (unpaired) electrons. The van der Waals surface area contributed by atoms with E-state index in [9.17, 15) is 29.7 Å². The molecule has 1 aliphatic heterocycles. The van der Waals surface area contributed by atoms with Crippen LogP contribution in [0.3, 0.4) is 0 Å². The van der Waals surface area contributed by atoms with Gasteiger partial charge in [-0.15, -0.1) is 0 Å². The van der Waals surface area contributed by atoms with Crippen molar-refractivity contribution >= 4 is 24.4 Å². The minimum atomic E-state index is -4.85. The molecule has 2 aromatic rings. The Labute approximate surface area is 206 Å². The van der Waals surface area contributed by atoms with Gasteiger partial charge in [0.2, 0.25) is 0 Å². The molecule has 5 atom stereocenters. The molecule has 202 valence electrons. The van der Waals surface area contributed by atoms with E-state index in [4.69, 9.17) is 19.3 Å². The molecule has 0 spiro atoms. The number of aromatic nitrogens is 4. The van der Waals surface area contributed by atoms with Crippen LogP contribution in [0.5, 0.6) is 6.01 Å². The largest absolute Gasteiger partial charge is 0.461 e. The van der Waals surface area contributed by atoms with Crippen LogP contribution in [0.1, 0.15) is 38.8 Å². The number of aliphatic hydroxyl groups is 4. The van der Waals surface area contributed by atoms with E-state index in [1.807, 2.05) is 0 Å². The molecule has 0 amide bonds. The van der Waals surface area contributed by atoms with Crippen molar-refractivity contribution in [2.75, 3.05) is 31.7 Å². The Morgan fingerprint density at radius 3 is 2.58 bits per heavy atom. The number of rotatable bonds is 11. The molecule has 2 aliphatic rings. The molecule has 2 aromatic heterocycles. The Kier molecular flexibility index (Phi) is 8.14. The summed E-state index contributed by atoms with van der Waals surface area (Å²) in [5.41, 5.74) is 0.242. The minimum absolute atomic E-state index is 0.0212. The van der Waals surface area contributed by atoms with Crippen LogP contribution < -0.4 is 10.1 Å². The highest BCUT2D eigenvalue weighted by Crippen LogP contribution is 2.51. The maximum Gasteiger partial charge on any atom is 0.359 e. The SMILES string of the molecule is C[C@](CO)(OC[C@H]1O[C@@H](n2ncc3c(NC4CCCC4)nc(OCCO)nc32)[C@H](O)[C@@H]1O)P(=O)(O)O. The van der Waals surface area contributed by atoms with Gasteiger partial charge in [-0.25, -0.2) is 4.68 Å². The maximum absolute atomic E-state index is 11.7. The van der Waals surface area contributed by atoms with E-state index in [0.29, 0.717) is 11.2 Å². The average molecular weight is 533 g/mol. The molecule has 0 unspecified atom stereocenters. The molecule has 3 heterocycles. The van der Waals surface area contributed by atoms with Crippen LogP contribution in [0.25, 0.3) is 11.0 Å². The first-order chi connectivity index (χ1) is 17.1. The van der Waals surface area contributed by atoms with Gasteiger partial charge in [0.25, 0.3) is 0 Å². The maximum atomic E-state index is 11.7. The molecule has 0 bridgehead atoms. The lowest BCUT2D eigenvalue weighted by molar-refractivity contribution is -0.104. The fourth-order valence-corrected chi connectivity index (χ4v) is 4.65. The summed E-state index contributed by atoms with van der Waals surface area (Å²) >= 11 is 0. The molecule has 1 aliphatic carbocycles. The standard InChI is InChI=1S/C20H32N5O10P/c1-20(10-27,36(30,31)32)34-9-13-14(28)15(29)18(35-13)25-17-12(8-21-25)16(22-11-4-2-3-5-11)23-19(24-17)33-7-6-26/h8,11,13-15,18,26-29H,2-7,9-10H2,1H3,(H,22,23,24)(H2,30,31,32)/t13-,14-,15-,18-,20+/m1/s1. The number of anilines is 1. The first-order valence-corrected chi connectivity index (χ1v) is 13.3. The summed E-state index contributed by atoms with van der Waals surface area (Å²) in [5, 5.41) is 45.8. The normalized spacial score (nSPS) is 27.0. The lowest BCUT2D eigenvalue weighted by atomic mass is 10.1. The van der Waals surface area contributed by atoms with Gasteiger partial charge in [0, 0.05) is 6.04 Å². The third-order valence-corrected chi connectivity index (χ3v) is 8.00. The van der Waals surface area contributed by atoms with E-state index in [0.717, 1.165) is 32.6 Å². The highest BCUT2D eigenvalue weighted by Gasteiger charge is 2.48. The summed E-state index contributed by atoms with van der Waals surface area (Å²) in [5.74, 6) is 0.472. The number of fused-ring (bicyclic) bond motifs is 1. The van der Waals surface area contributed by atoms with Crippen molar-refractivity contribution in [3.05, 3.63) is 6.20 Å². The van der Waals surface area contributed by atoms with Crippen molar-refractivity contribution in [1.29, 1.82) is 0 Å². The highest BCUT2D eigenvalue weighted by atomic mass is 31.2. The number of aliphatic hydroxyl groups excluding tert-OH is 4. The molecule has 7 N–H and O–H groups in total. The summed E-state index contributed by atoms with van der Waals surface area (Å²) in [6, 6.07) is 0.191. The van der Waals surface area contributed by atoms with Crippen LogP contribution in [-0.2, 0) is 14.0 Å². The van der Waals surface area contributed by atoms with Crippen LogP contribution in [0.4, 0.5) is 5.82 Å². The molecular formula is C20H32N5O10P. The van der Waals surface area contributed by atoms with E-state index >= 15 is 0 Å². The lowest BCUT2D eigenvalue weighted by Gasteiger charge is -2.29. The van der Waals surface area contributed by atoms with Crippen LogP contribution in [0, 0.1) is 0 Å². The van der Waals surface area contributed by atoms with Gasteiger partial charge in [0.15, 0.2) is 17.2 Å². The topological polar surface area (TPSA) is 222 Å². The van der Waals surface area contributed by atoms with Crippen LogP contribution in [0.2, 0.25) is 0 Å². The van der Waals surface area contributed by atoms with Gasteiger partial charge in [0.05, 0.1) is 31.4 Å². The second kappa shape index (κ2) is 10.8. The molecule has 1 saturated heterocycles. The molecule has 15 nitrogen and oxygen atoms in total. The van der Waals surface area contributed by atoms with Crippen LogP contribution >= 0.6 is 7.60 Å². The Bertz CT molecular complexity index is 1090. The molecule has 16 heteroatoms. The van der Waals surface area contributed by atoms with Gasteiger partial charge < -0.3 is 49.7 Å². The fourth-order valence-electron chi connectivity index (χ4n) is 4.22. The number of nitrogens with zero attached hydrogens (tertiary/aromatic N) is 4. The molecule has 36 heavy (non-hydrogen) atoms. The van der Waals surface area contributed by atoms with E-state index in [2.05, 4.69) is 20.4 Å². The summed E-state index contributed by atoms with van der Waals surface area (Å²) in [6.45, 7) is -0.740. The van der Waals surface area contributed by atoms with Gasteiger partial charge in [0.1, 0.15) is 30.7 Å². The van der Waals surface area contributed by atoms with Crippen molar-refractivity contribution in [1.82, 2.24) is 19.7 Å². The van der Waals surface area contributed by atoms with Gasteiger partial charge in [-0.3, -0.25) is 4.57 Å². The molecule has 1 saturated carbocycles. The van der Waals surface area contributed by atoms with Crippen LogP contribution in [-0.4, -0.2) is 106 Å². The highest BCUT2D eigenvalue weighted by molar-refractivity contribution is 7.53. The van der Waals surface area contributed by atoms with Crippen molar-refractivity contribution in [3.8, 4) is 6.01 Å². The zero-order valence-corrected chi connectivity index (χ0v) is 20.6. The van der Waals surface area contributed by atoms with E-state index < -0.39 is 50.7 Å². The number of nitrogens with one attached hydrogen (secondary N) is 1. The Balaban J connectivity index is 1.60. The zero-order valence-electron chi connectivity index (χ0n) is 19.7. The second-order valence-electron chi connectivity index (χ2n) is 9.11. The third-order valence-electron chi connectivity index (χ3n) is 6.50.